The first kappa shape index (κ1) is 24.8. The highest BCUT2D eigenvalue weighted by Gasteiger charge is 2.45. The summed E-state index contributed by atoms with van der Waals surface area (Å²) in [5.41, 5.74) is 1.82. The van der Waals surface area contributed by atoms with Crippen molar-refractivity contribution in [2.45, 2.75) is 101 Å². The number of para-hydroxylation sites is 2. The number of H-pyrrole nitrogens is 1. The van der Waals surface area contributed by atoms with Crippen molar-refractivity contribution in [1.82, 2.24) is 19.4 Å². The van der Waals surface area contributed by atoms with Gasteiger partial charge in [0.05, 0.1) is 11.0 Å². The Morgan fingerprint density at radius 1 is 0.846 bits per heavy atom. The summed E-state index contributed by atoms with van der Waals surface area (Å²) >= 11 is 0. The highest BCUT2D eigenvalue weighted by molar-refractivity contribution is 5.78. The zero-order chi connectivity index (χ0) is 26.5. The molecule has 1 aromatic carbocycles. The molecular weight excluding hydrogens is 486 g/mol. The van der Waals surface area contributed by atoms with Gasteiger partial charge < -0.3 is 9.55 Å². The molecule has 0 spiro atoms. The van der Waals surface area contributed by atoms with Crippen LogP contribution in [0.15, 0.2) is 46.1 Å². The van der Waals surface area contributed by atoms with Crippen LogP contribution in [0.5, 0.6) is 0 Å². The topological polar surface area (TPSA) is 94.8 Å². The number of rotatable bonds is 3. The van der Waals surface area contributed by atoms with Gasteiger partial charge >= 0.3 is 0 Å². The molecule has 2 saturated heterocycles. The van der Waals surface area contributed by atoms with Crippen molar-refractivity contribution in [3.8, 4) is 17.3 Å². The third-order valence-corrected chi connectivity index (χ3v) is 10.2. The number of hydrogen-bond acceptors (Lipinski definition) is 5. The highest BCUT2D eigenvalue weighted by atomic mass is 16.1. The summed E-state index contributed by atoms with van der Waals surface area (Å²) in [5.74, 6) is 1.80. The molecule has 2 unspecified atom stereocenters. The van der Waals surface area contributed by atoms with Crippen molar-refractivity contribution < 1.29 is 0 Å². The fraction of sp³-hybridized carbons (Fsp3) is 0.562. The van der Waals surface area contributed by atoms with Crippen LogP contribution in [0.25, 0.3) is 22.3 Å². The van der Waals surface area contributed by atoms with E-state index >= 15 is 0 Å². The Kier molecular flexibility index (Phi) is 6.39. The second-order valence-corrected chi connectivity index (χ2v) is 12.6. The Hall–Kier alpha value is -3.24. The van der Waals surface area contributed by atoms with Gasteiger partial charge in [-0.05, 0) is 75.0 Å². The zero-order valence-electron chi connectivity index (χ0n) is 22.5. The second kappa shape index (κ2) is 10.1. The monoisotopic (exact) mass is 523 g/mol. The highest BCUT2D eigenvalue weighted by Crippen LogP contribution is 2.47. The predicted molar refractivity (Wildman–Crippen MR) is 151 cm³/mol. The molecule has 0 radical (unpaired) electrons. The van der Waals surface area contributed by atoms with E-state index in [2.05, 4.69) is 9.88 Å². The number of fused-ring (bicyclic) bond motifs is 5. The van der Waals surface area contributed by atoms with E-state index in [1.807, 2.05) is 34.9 Å². The molecule has 39 heavy (non-hydrogen) atoms. The average Bonchev–Trinajstić information content (AvgIpc) is 3.11. The van der Waals surface area contributed by atoms with Gasteiger partial charge in [0, 0.05) is 35.9 Å². The van der Waals surface area contributed by atoms with E-state index in [0.29, 0.717) is 29.4 Å². The zero-order valence-corrected chi connectivity index (χ0v) is 22.5. The Bertz CT molecular complexity index is 1520. The van der Waals surface area contributed by atoms with Gasteiger partial charge in [0.15, 0.2) is 0 Å². The molecule has 3 aromatic rings. The summed E-state index contributed by atoms with van der Waals surface area (Å²) in [4.78, 5) is 36.4. The van der Waals surface area contributed by atoms with Gasteiger partial charge in [-0.25, -0.2) is 4.98 Å². The molecule has 1 N–H and O–H groups in total. The molecule has 4 heterocycles. The van der Waals surface area contributed by atoms with Gasteiger partial charge in [-0.3, -0.25) is 14.5 Å². The van der Waals surface area contributed by atoms with Gasteiger partial charge in [0.1, 0.15) is 17.3 Å². The molecule has 7 heteroatoms. The van der Waals surface area contributed by atoms with Crippen molar-refractivity contribution in [1.29, 1.82) is 5.26 Å². The maximum absolute atomic E-state index is 14.2. The van der Waals surface area contributed by atoms with Crippen LogP contribution in [-0.2, 0) is 0 Å². The van der Waals surface area contributed by atoms with Crippen molar-refractivity contribution in [2.75, 3.05) is 0 Å². The normalized spacial score (nSPS) is 30.9. The lowest BCUT2D eigenvalue weighted by Gasteiger charge is -2.54. The molecule has 0 amide bonds. The van der Waals surface area contributed by atoms with E-state index in [0.717, 1.165) is 35.7 Å². The van der Waals surface area contributed by atoms with Gasteiger partial charge in [0.25, 0.3) is 11.1 Å². The van der Waals surface area contributed by atoms with Gasteiger partial charge in [-0.2, -0.15) is 5.26 Å². The van der Waals surface area contributed by atoms with Crippen LogP contribution in [-0.4, -0.2) is 37.6 Å². The fourth-order valence-electron chi connectivity index (χ4n) is 8.71. The molecule has 202 valence electrons. The van der Waals surface area contributed by atoms with Gasteiger partial charge in [-0.1, -0.05) is 44.2 Å². The molecule has 2 aliphatic heterocycles. The Balaban J connectivity index is 1.26. The molecule has 2 aliphatic carbocycles. The third-order valence-electron chi connectivity index (χ3n) is 10.2. The minimum absolute atomic E-state index is 0.00991. The fourth-order valence-corrected chi connectivity index (χ4v) is 8.71. The largest absolute Gasteiger partial charge is 0.327 e. The molecule has 7 rings (SSSR count). The molecule has 4 aliphatic rings. The van der Waals surface area contributed by atoms with Crippen molar-refractivity contribution in [3.63, 3.8) is 0 Å². The molecule has 2 aromatic heterocycles. The number of hydrogen-bond donors (Lipinski definition) is 1. The van der Waals surface area contributed by atoms with E-state index in [1.54, 1.807) is 0 Å². The minimum atomic E-state index is -0.454. The standard InChI is InChI=1S/C32H37N5O2/c33-18-22-15-23(19-34-31(22)38)30-32(39)37(29-11-4-3-10-28(29)35-30)27-16-24-8-5-9-25(17-27)36(24)26-13-20-6-1-2-7-21(12-20)14-26/h3-4,10-11,15,19-21,24-27H,1-2,5-9,12-14,16-17H2,(H,34,38)/t20-,21+,24-,25+,26?,27?. The summed E-state index contributed by atoms with van der Waals surface area (Å²) in [6, 6.07) is 13.2. The molecular formula is C32H37N5O2. The number of aromatic amines is 1. The minimum Gasteiger partial charge on any atom is -0.327 e. The van der Waals surface area contributed by atoms with Crippen LogP contribution >= 0.6 is 0 Å². The van der Waals surface area contributed by atoms with Gasteiger partial charge in [-0.15, -0.1) is 0 Å². The lowest BCUT2D eigenvalue weighted by molar-refractivity contribution is -0.0420. The number of pyridine rings is 1. The number of benzene rings is 1. The molecule has 4 bridgehead atoms. The van der Waals surface area contributed by atoms with Crippen molar-refractivity contribution >= 4 is 11.0 Å². The van der Waals surface area contributed by atoms with Crippen molar-refractivity contribution in [2.24, 2.45) is 11.8 Å². The van der Waals surface area contributed by atoms with Crippen LogP contribution < -0.4 is 11.1 Å². The Morgan fingerprint density at radius 3 is 2.28 bits per heavy atom. The van der Waals surface area contributed by atoms with Crippen LogP contribution in [0.1, 0.15) is 88.7 Å². The first-order chi connectivity index (χ1) is 19.1. The number of nitriles is 1. The second-order valence-electron chi connectivity index (χ2n) is 12.6. The molecule has 4 fully saturated rings. The quantitative estimate of drug-likeness (QED) is 0.486. The summed E-state index contributed by atoms with van der Waals surface area (Å²) in [6.45, 7) is 0. The van der Waals surface area contributed by atoms with E-state index in [1.165, 1.54) is 76.5 Å². The SMILES string of the molecule is N#Cc1cc(-c2nc3ccccc3n(C3C[C@H]4CCC[C@@H](C3)N4C3C[C@H]4CCCC[C@@H](C3)C4)c2=O)c[nH]c1=O. The summed E-state index contributed by atoms with van der Waals surface area (Å²) in [7, 11) is 0. The third kappa shape index (κ3) is 4.43. The summed E-state index contributed by atoms with van der Waals surface area (Å²) < 4.78 is 2.00. The number of nitrogens with zero attached hydrogens (tertiary/aromatic N) is 4. The number of nitrogens with one attached hydrogen (secondary N) is 1. The Labute approximate surface area is 228 Å². The predicted octanol–water partition coefficient (Wildman–Crippen LogP) is 5.54. The molecule has 7 nitrogen and oxygen atoms in total. The summed E-state index contributed by atoms with van der Waals surface area (Å²) in [5, 5.41) is 9.40. The first-order valence-electron chi connectivity index (χ1n) is 15.0. The lowest BCUT2D eigenvalue weighted by atomic mass is 9.73. The van der Waals surface area contributed by atoms with Crippen LogP contribution in [0.3, 0.4) is 0 Å². The average molecular weight is 524 g/mol. The van der Waals surface area contributed by atoms with E-state index in [4.69, 9.17) is 4.98 Å². The van der Waals surface area contributed by atoms with E-state index in [9.17, 15) is 14.9 Å². The van der Waals surface area contributed by atoms with Gasteiger partial charge in [0.2, 0.25) is 0 Å². The summed E-state index contributed by atoms with van der Waals surface area (Å²) in [6.07, 6.45) is 17.0. The van der Waals surface area contributed by atoms with Crippen LogP contribution in [0, 0.1) is 23.2 Å². The molecule has 6 atom stereocenters. The maximum atomic E-state index is 14.2. The molecule has 2 saturated carbocycles. The van der Waals surface area contributed by atoms with Crippen LogP contribution in [0.2, 0.25) is 0 Å². The van der Waals surface area contributed by atoms with E-state index in [-0.39, 0.29) is 17.2 Å². The number of aromatic nitrogens is 3. The smallest absolute Gasteiger partial charge is 0.277 e. The number of piperidine rings is 2. The van der Waals surface area contributed by atoms with Crippen molar-refractivity contribution in [3.05, 3.63) is 62.8 Å². The Morgan fingerprint density at radius 2 is 1.56 bits per heavy atom. The lowest BCUT2D eigenvalue weighted by Crippen LogP contribution is -2.58. The maximum Gasteiger partial charge on any atom is 0.277 e. The first-order valence-corrected chi connectivity index (χ1v) is 15.0. The van der Waals surface area contributed by atoms with E-state index < -0.39 is 5.56 Å². The van der Waals surface area contributed by atoms with Crippen LogP contribution in [0.4, 0.5) is 0 Å².